The van der Waals surface area contributed by atoms with E-state index in [4.69, 9.17) is 9.84 Å². The van der Waals surface area contributed by atoms with Gasteiger partial charge in [0.1, 0.15) is 11.4 Å². The van der Waals surface area contributed by atoms with Gasteiger partial charge in [0.15, 0.2) is 0 Å². The number of phenols is 1. The summed E-state index contributed by atoms with van der Waals surface area (Å²) in [5.41, 5.74) is 1.27. The van der Waals surface area contributed by atoms with Gasteiger partial charge in [-0.05, 0) is 55.8 Å². The van der Waals surface area contributed by atoms with Crippen molar-refractivity contribution in [3.05, 3.63) is 96.8 Å². The number of benzene rings is 2. The highest BCUT2D eigenvalue weighted by atomic mass is 16.6. The Kier molecular flexibility index (Phi) is 7.19. The van der Waals surface area contributed by atoms with E-state index in [-0.39, 0.29) is 0 Å². The van der Waals surface area contributed by atoms with Crippen molar-refractivity contribution in [2.24, 2.45) is 0 Å². The Morgan fingerprint density at radius 1 is 0.943 bits per heavy atom. The van der Waals surface area contributed by atoms with Gasteiger partial charge >= 0.3 is 11.4 Å². The Morgan fingerprint density at radius 3 is 2.06 bits per heavy atom. The third-order valence-electron chi connectivity index (χ3n) is 4.74. The number of aromatic nitrogens is 2. The molecule has 0 aliphatic heterocycles. The smallest absolute Gasteiger partial charge is 0.324 e. The fourth-order valence-corrected chi connectivity index (χ4v) is 3.08. The van der Waals surface area contributed by atoms with Crippen molar-refractivity contribution in [3.63, 3.8) is 0 Å². The molecule has 0 amide bonds. The SMILES string of the molecule is CCOc1ccc(-c2cn3ccc(C)cc3n2)cc1.O=[N+]([O-])c1cc([N+](=O)[O-])c(O)c([N+](=O)[O-])c1. The summed E-state index contributed by atoms with van der Waals surface area (Å²) in [5.74, 6) is -0.313. The second kappa shape index (κ2) is 10.2. The van der Waals surface area contributed by atoms with E-state index in [0.29, 0.717) is 18.7 Å². The molecule has 0 spiro atoms. The van der Waals surface area contributed by atoms with Crippen LogP contribution in [0.15, 0.2) is 60.9 Å². The van der Waals surface area contributed by atoms with Crippen molar-refractivity contribution in [2.75, 3.05) is 6.61 Å². The zero-order valence-corrected chi connectivity index (χ0v) is 18.5. The normalized spacial score (nSPS) is 10.3. The highest BCUT2D eigenvalue weighted by molar-refractivity contribution is 5.65. The number of aromatic hydroxyl groups is 1. The summed E-state index contributed by atoms with van der Waals surface area (Å²) in [7, 11) is 0. The number of imidazole rings is 1. The molecule has 2 aromatic heterocycles. The summed E-state index contributed by atoms with van der Waals surface area (Å²) < 4.78 is 7.49. The van der Waals surface area contributed by atoms with Gasteiger partial charge in [-0.3, -0.25) is 30.3 Å². The Morgan fingerprint density at radius 2 is 1.54 bits per heavy atom. The van der Waals surface area contributed by atoms with Gasteiger partial charge in [0.05, 0.1) is 39.2 Å². The first-order valence-electron chi connectivity index (χ1n) is 10.1. The fraction of sp³-hybridized carbons (Fsp3) is 0.136. The third kappa shape index (κ3) is 5.65. The number of fused-ring (bicyclic) bond motifs is 1. The molecule has 2 aromatic carbocycles. The van der Waals surface area contributed by atoms with Crippen molar-refractivity contribution in [3.8, 4) is 22.8 Å². The molecule has 180 valence electrons. The molecule has 1 N–H and O–H groups in total. The average Bonchev–Trinajstić information content (AvgIpc) is 3.23. The van der Waals surface area contributed by atoms with Crippen molar-refractivity contribution >= 4 is 22.7 Å². The van der Waals surface area contributed by atoms with Gasteiger partial charge in [0, 0.05) is 18.0 Å². The van der Waals surface area contributed by atoms with E-state index in [1.807, 2.05) is 48.0 Å². The van der Waals surface area contributed by atoms with Crippen LogP contribution < -0.4 is 4.74 Å². The lowest BCUT2D eigenvalue weighted by atomic mass is 10.2. The number of nitro groups is 3. The zero-order valence-electron chi connectivity index (χ0n) is 18.5. The van der Waals surface area contributed by atoms with Crippen LogP contribution in [0.3, 0.4) is 0 Å². The van der Waals surface area contributed by atoms with Crippen molar-refractivity contribution in [1.82, 2.24) is 9.38 Å². The predicted octanol–water partition coefficient (Wildman–Crippen LogP) is 4.83. The van der Waals surface area contributed by atoms with Gasteiger partial charge in [-0.1, -0.05) is 0 Å². The number of hydrogen-bond donors (Lipinski definition) is 1. The largest absolute Gasteiger partial charge is 0.497 e. The molecule has 0 bridgehead atoms. The first-order chi connectivity index (χ1) is 16.6. The molecular formula is C22H19N5O8. The van der Waals surface area contributed by atoms with Crippen LogP contribution in [0.1, 0.15) is 12.5 Å². The monoisotopic (exact) mass is 481 g/mol. The number of rotatable bonds is 6. The molecule has 13 nitrogen and oxygen atoms in total. The van der Waals surface area contributed by atoms with Gasteiger partial charge in [-0.25, -0.2) is 4.98 Å². The van der Waals surface area contributed by atoms with E-state index < -0.39 is 37.6 Å². The lowest BCUT2D eigenvalue weighted by molar-refractivity contribution is -0.404. The van der Waals surface area contributed by atoms with E-state index >= 15 is 0 Å². The molecule has 0 saturated carbocycles. The lowest BCUT2D eigenvalue weighted by Crippen LogP contribution is -1.97. The molecular weight excluding hydrogens is 462 g/mol. The number of hydrogen-bond acceptors (Lipinski definition) is 9. The molecule has 0 atom stereocenters. The maximum absolute atomic E-state index is 10.4. The van der Waals surface area contributed by atoms with E-state index in [2.05, 4.69) is 24.0 Å². The first-order valence-corrected chi connectivity index (χ1v) is 10.1. The molecule has 0 saturated heterocycles. The average molecular weight is 481 g/mol. The van der Waals surface area contributed by atoms with Crippen LogP contribution in [0.25, 0.3) is 16.9 Å². The third-order valence-corrected chi connectivity index (χ3v) is 4.74. The molecule has 0 aliphatic rings. The minimum Gasteiger partial charge on any atom is -0.497 e. The summed E-state index contributed by atoms with van der Waals surface area (Å²) >= 11 is 0. The molecule has 13 heteroatoms. The minimum atomic E-state index is -1.21. The van der Waals surface area contributed by atoms with E-state index in [1.165, 1.54) is 5.56 Å². The molecule has 2 heterocycles. The van der Waals surface area contributed by atoms with Crippen LogP contribution in [0.4, 0.5) is 17.1 Å². The standard InChI is InChI=1S/C16H16N2O.C6H3N3O7/c1-3-19-14-6-4-13(5-7-14)15-11-18-9-8-12(2)10-16(18)17-15;10-6-4(8(13)14)1-3(7(11)12)2-5(6)9(15)16/h4-11H,3H2,1-2H3;1-2,10H. The van der Waals surface area contributed by atoms with Gasteiger partial charge < -0.3 is 14.2 Å². The molecule has 0 fully saturated rings. The second-order valence-electron chi connectivity index (χ2n) is 7.16. The van der Waals surface area contributed by atoms with E-state index in [0.717, 1.165) is 22.7 Å². The number of nitrogens with zero attached hydrogens (tertiary/aromatic N) is 5. The number of pyridine rings is 1. The van der Waals surface area contributed by atoms with Crippen LogP contribution in [0.2, 0.25) is 0 Å². The first kappa shape index (κ1) is 24.6. The Labute approximate surface area is 197 Å². The van der Waals surface area contributed by atoms with Crippen molar-refractivity contribution in [2.45, 2.75) is 13.8 Å². The summed E-state index contributed by atoms with van der Waals surface area (Å²) in [6.45, 7) is 4.75. The topological polar surface area (TPSA) is 176 Å². The van der Waals surface area contributed by atoms with Gasteiger partial charge in [-0.2, -0.15) is 0 Å². The Bertz CT molecular complexity index is 1380. The lowest BCUT2D eigenvalue weighted by Gasteiger charge is -2.02. The fourth-order valence-electron chi connectivity index (χ4n) is 3.08. The molecule has 4 rings (SSSR count). The predicted molar refractivity (Wildman–Crippen MR) is 125 cm³/mol. The minimum absolute atomic E-state index is 0.447. The number of phenolic OH excluding ortho intramolecular Hbond substituents is 1. The molecule has 4 aromatic rings. The van der Waals surface area contributed by atoms with Crippen LogP contribution >= 0.6 is 0 Å². The second-order valence-corrected chi connectivity index (χ2v) is 7.16. The molecule has 0 aliphatic carbocycles. The van der Waals surface area contributed by atoms with Crippen LogP contribution in [0, 0.1) is 37.3 Å². The summed E-state index contributed by atoms with van der Waals surface area (Å²) in [6, 6.07) is 13.1. The maximum Gasteiger partial charge on any atom is 0.324 e. The highest BCUT2D eigenvalue weighted by Gasteiger charge is 2.30. The summed E-state index contributed by atoms with van der Waals surface area (Å²) in [4.78, 5) is 32.4. The summed E-state index contributed by atoms with van der Waals surface area (Å²) in [6.07, 6.45) is 4.08. The summed E-state index contributed by atoms with van der Waals surface area (Å²) in [5, 5.41) is 40.2. The van der Waals surface area contributed by atoms with E-state index in [1.54, 1.807) is 0 Å². The van der Waals surface area contributed by atoms with Crippen molar-refractivity contribution < 1.29 is 24.6 Å². The number of nitro benzene ring substituents is 3. The van der Waals surface area contributed by atoms with Crippen LogP contribution in [-0.4, -0.2) is 35.9 Å². The molecule has 0 unspecified atom stereocenters. The van der Waals surface area contributed by atoms with Gasteiger partial charge in [0.25, 0.3) is 11.4 Å². The maximum atomic E-state index is 10.4. The molecule has 0 radical (unpaired) electrons. The van der Waals surface area contributed by atoms with Gasteiger partial charge in [-0.15, -0.1) is 0 Å². The number of aryl methyl sites for hydroxylation is 1. The van der Waals surface area contributed by atoms with Crippen molar-refractivity contribution in [1.29, 1.82) is 0 Å². The number of ether oxygens (including phenoxy) is 1. The zero-order chi connectivity index (χ0) is 25.7. The Hall–Kier alpha value is -5.07. The molecule has 35 heavy (non-hydrogen) atoms. The van der Waals surface area contributed by atoms with E-state index in [9.17, 15) is 30.3 Å². The quantitative estimate of drug-likeness (QED) is 0.298. The number of non-ortho nitro benzene ring substituents is 1. The Balaban J connectivity index is 0.000000199. The highest BCUT2D eigenvalue weighted by Crippen LogP contribution is 2.39. The van der Waals surface area contributed by atoms with Crippen LogP contribution in [0.5, 0.6) is 11.5 Å². The van der Waals surface area contributed by atoms with Gasteiger partial charge in [0.2, 0.25) is 0 Å². The van der Waals surface area contributed by atoms with Crippen LogP contribution in [-0.2, 0) is 0 Å².